The Bertz CT molecular complexity index is 1920. The van der Waals surface area contributed by atoms with Gasteiger partial charge in [-0.1, -0.05) is 322 Å². The van der Waals surface area contributed by atoms with Gasteiger partial charge in [-0.2, -0.15) is 0 Å². The third-order valence-electron chi connectivity index (χ3n) is 17.5. The number of carbonyl (C=O) groups excluding carboxylic acids is 4. The Morgan fingerprint density at radius 2 is 0.589 bits per heavy atom. The number of aliphatic hydroxyl groups is 1. The number of rotatable bonds is 74. The Hall–Kier alpha value is -2.46. The van der Waals surface area contributed by atoms with Crippen LogP contribution >= 0.6 is 15.6 Å². The van der Waals surface area contributed by atoms with Crippen LogP contribution in [-0.4, -0.2) is 96.7 Å². The molecular formula is C76H144O17P2. The van der Waals surface area contributed by atoms with Crippen LogP contribution in [0.4, 0.5) is 0 Å². The summed E-state index contributed by atoms with van der Waals surface area (Å²) in [6.07, 6.45) is 60.5. The molecule has 0 saturated carbocycles. The number of unbranched alkanes of at least 4 members (excludes halogenated alkanes) is 42. The number of hydrogen-bond acceptors (Lipinski definition) is 15. The first-order valence-electron chi connectivity index (χ1n) is 39.0. The minimum Gasteiger partial charge on any atom is -0.462 e. The van der Waals surface area contributed by atoms with Gasteiger partial charge in [0.15, 0.2) is 12.2 Å². The Balaban J connectivity index is 5.19. The molecule has 0 aromatic rings. The molecule has 3 unspecified atom stereocenters. The first-order valence-corrected chi connectivity index (χ1v) is 42.0. The summed E-state index contributed by atoms with van der Waals surface area (Å²) in [4.78, 5) is 72.6. The van der Waals surface area contributed by atoms with Crippen LogP contribution in [0.15, 0.2) is 24.3 Å². The molecule has 0 bridgehead atoms. The number of phosphoric ester groups is 2. The Morgan fingerprint density at radius 1 is 0.337 bits per heavy atom. The van der Waals surface area contributed by atoms with Crippen molar-refractivity contribution in [3.63, 3.8) is 0 Å². The molecule has 0 aromatic heterocycles. The molecule has 0 fully saturated rings. The third-order valence-corrected chi connectivity index (χ3v) is 19.4. The molecule has 0 rings (SSSR count). The Morgan fingerprint density at radius 3 is 0.895 bits per heavy atom. The van der Waals surface area contributed by atoms with Crippen molar-refractivity contribution in [3.05, 3.63) is 24.3 Å². The van der Waals surface area contributed by atoms with Crippen molar-refractivity contribution < 1.29 is 80.2 Å². The lowest BCUT2D eigenvalue weighted by atomic mass is 9.99. The highest BCUT2D eigenvalue weighted by Crippen LogP contribution is 2.45. The van der Waals surface area contributed by atoms with E-state index in [2.05, 4.69) is 58.9 Å². The summed E-state index contributed by atoms with van der Waals surface area (Å²) in [5.74, 6) is -1.28. The van der Waals surface area contributed by atoms with Crippen LogP contribution in [-0.2, 0) is 65.4 Å². The van der Waals surface area contributed by atoms with Crippen LogP contribution in [0.5, 0.6) is 0 Å². The molecule has 0 aliphatic heterocycles. The predicted octanol–water partition coefficient (Wildman–Crippen LogP) is 22.0. The summed E-state index contributed by atoms with van der Waals surface area (Å²) in [6, 6.07) is 0. The normalized spacial score (nSPS) is 14.4. The highest BCUT2D eigenvalue weighted by molar-refractivity contribution is 7.47. The highest BCUT2D eigenvalue weighted by atomic mass is 31.2. The van der Waals surface area contributed by atoms with Crippen molar-refractivity contribution in [2.45, 2.75) is 393 Å². The molecule has 560 valence electrons. The van der Waals surface area contributed by atoms with Crippen molar-refractivity contribution in [1.82, 2.24) is 0 Å². The van der Waals surface area contributed by atoms with Gasteiger partial charge >= 0.3 is 39.5 Å². The minimum atomic E-state index is -4.96. The third kappa shape index (κ3) is 68.5. The minimum absolute atomic E-state index is 0.102. The van der Waals surface area contributed by atoms with E-state index in [0.29, 0.717) is 25.7 Å². The molecule has 0 spiro atoms. The predicted molar refractivity (Wildman–Crippen MR) is 386 cm³/mol. The maximum atomic E-state index is 13.1. The number of aliphatic hydroxyl groups excluding tert-OH is 1. The number of carbonyl (C=O) groups is 4. The van der Waals surface area contributed by atoms with Gasteiger partial charge in [-0.15, -0.1) is 0 Å². The maximum Gasteiger partial charge on any atom is 0.472 e. The number of allylic oxidation sites excluding steroid dienone is 4. The zero-order chi connectivity index (χ0) is 69.8. The lowest BCUT2D eigenvalue weighted by molar-refractivity contribution is -0.161. The van der Waals surface area contributed by atoms with E-state index < -0.39 is 97.5 Å². The molecule has 19 heteroatoms. The molecular weight excluding hydrogens is 1250 g/mol. The lowest BCUT2D eigenvalue weighted by Gasteiger charge is -2.21. The smallest absolute Gasteiger partial charge is 0.462 e. The quantitative estimate of drug-likeness (QED) is 0.0169. The fourth-order valence-corrected chi connectivity index (χ4v) is 12.7. The summed E-state index contributed by atoms with van der Waals surface area (Å²) in [5.41, 5.74) is 0. The van der Waals surface area contributed by atoms with Gasteiger partial charge in [-0.3, -0.25) is 37.3 Å². The zero-order valence-corrected chi connectivity index (χ0v) is 63.1. The molecule has 0 amide bonds. The van der Waals surface area contributed by atoms with E-state index in [1.165, 1.54) is 180 Å². The molecule has 3 N–H and O–H groups in total. The molecule has 95 heavy (non-hydrogen) atoms. The summed E-state index contributed by atoms with van der Waals surface area (Å²) in [6.45, 7) is 7.25. The molecule has 0 saturated heterocycles. The standard InChI is InChI=1S/C76H144O17P2/c1-6-10-13-16-19-22-23-24-29-33-36-41-45-50-55-60-74(79)87-66-72(93-76(81)62-57-52-47-42-37-34-31-28-26-25-27-30-32-35-40-43-48-53-58-69(5)9-4)68-91-95(84,85)89-64-70(77)63-88-94(82,83)90-67-71(92-75(80)61-56-51-46-39-21-18-15-12-8-3)65-86-73(78)59-54-49-44-38-20-17-14-11-7-2/h22-24,29,69-72,77H,6-21,25-28,30-68H2,1-5H3,(H,82,83)(H,84,85)/b23-22-,29-24-/t69?,70-,71+,72+/m0/s1. The highest BCUT2D eigenvalue weighted by Gasteiger charge is 2.30. The van der Waals surface area contributed by atoms with Crippen molar-refractivity contribution in [2.24, 2.45) is 5.92 Å². The molecule has 0 radical (unpaired) electrons. The van der Waals surface area contributed by atoms with E-state index in [0.717, 1.165) is 115 Å². The second kappa shape index (κ2) is 68.7. The van der Waals surface area contributed by atoms with E-state index in [1.807, 2.05) is 0 Å². The number of ether oxygens (including phenoxy) is 4. The van der Waals surface area contributed by atoms with Gasteiger partial charge in [0.05, 0.1) is 26.4 Å². The largest absolute Gasteiger partial charge is 0.472 e. The topological polar surface area (TPSA) is 237 Å². The van der Waals surface area contributed by atoms with E-state index in [4.69, 9.17) is 37.0 Å². The number of esters is 4. The SMILES string of the molecule is CCCCCC/C=C\C=C/CCCCCCCC(=O)OC[C@H](COP(=O)(O)OC[C@@H](O)COP(=O)(O)OC[C@@H](COC(=O)CCCCCCCCCCC)OC(=O)CCCCCCCCCCC)OC(=O)CCCCCCCCCCCCCCCCCCCCC(C)CC. The molecule has 6 atom stereocenters. The average molecular weight is 1390 g/mol. The number of hydrogen-bond donors (Lipinski definition) is 3. The zero-order valence-electron chi connectivity index (χ0n) is 61.3. The van der Waals surface area contributed by atoms with Crippen LogP contribution in [0.3, 0.4) is 0 Å². The first-order chi connectivity index (χ1) is 46.1. The van der Waals surface area contributed by atoms with Crippen molar-refractivity contribution in [2.75, 3.05) is 39.6 Å². The molecule has 17 nitrogen and oxygen atoms in total. The Labute approximate surface area is 580 Å². The van der Waals surface area contributed by atoms with Gasteiger partial charge in [0.1, 0.15) is 19.3 Å². The summed E-state index contributed by atoms with van der Waals surface area (Å²) in [5, 5.41) is 10.6. The molecule has 0 aliphatic carbocycles. The van der Waals surface area contributed by atoms with Gasteiger partial charge < -0.3 is 33.8 Å². The van der Waals surface area contributed by atoms with Crippen molar-refractivity contribution >= 4 is 39.5 Å². The van der Waals surface area contributed by atoms with Gasteiger partial charge in [-0.05, 0) is 57.3 Å². The van der Waals surface area contributed by atoms with Crippen LogP contribution in [0.1, 0.15) is 375 Å². The van der Waals surface area contributed by atoms with Gasteiger partial charge in [0.25, 0.3) is 0 Å². The molecule has 0 aromatic carbocycles. The second-order valence-electron chi connectivity index (χ2n) is 26.9. The van der Waals surface area contributed by atoms with Crippen molar-refractivity contribution in [3.8, 4) is 0 Å². The van der Waals surface area contributed by atoms with Crippen LogP contribution in [0, 0.1) is 5.92 Å². The van der Waals surface area contributed by atoms with Gasteiger partial charge in [0.2, 0.25) is 0 Å². The Kier molecular flexibility index (Phi) is 66.9. The fraction of sp³-hybridized carbons (Fsp3) is 0.895. The summed E-state index contributed by atoms with van der Waals surface area (Å²) >= 11 is 0. The lowest BCUT2D eigenvalue weighted by Crippen LogP contribution is -2.30. The van der Waals surface area contributed by atoms with E-state index in [9.17, 15) is 43.2 Å². The van der Waals surface area contributed by atoms with Crippen molar-refractivity contribution in [1.29, 1.82) is 0 Å². The fourth-order valence-electron chi connectivity index (χ4n) is 11.1. The van der Waals surface area contributed by atoms with E-state index in [-0.39, 0.29) is 25.7 Å². The average Bonchev–Trinajstić information content (AvgIpc) is 1.30. The van der Waals surface area contributed by atoms with Crippen LogP contribution in [0.25, 0.3) is 0 Å². The molecule has 0 aliphatic rings. The van der Waals surface area contributed by atoms with Crippen LogP contribution < -0.4 is 0 Å². The van der Waals surface area contributed by atoms with Gasteiger partial charge in [-0.25, -0.2) is 9.13 Å². The van der Waals surface area contributed by atoms with Gasteiger partial charge in [0, 0.05) is 25.7 Å². The maximum absolute atomic E-state index is 13.1. The summed E-state index contributed by atoms with van der Waals surface area (Å²) in [7, 11) is -9.91. The first kappa shape index (κ1) is 92.5. The molecule has 0 heterocycles. The monoisotopic (exact) mass is 1390 g/mol. The van der Waals surface area contributed by atoms with E-state index >= 15 is 0 Å². The number of phosphoric acid groups is 2. The summed E-state index contributed by atoms with van der Waals surface area (Å²) < 4.78 is 68.3. The van der Waals surface area contributed by atoms with Crippen LogP contribution in [0.2, 0.25) is 0 Å². The second-order valence-corrected chi connectivity index (χ2v) is 29.9. The van der Waals surface area contributed by atoms with E-state index in [1.54, 1.807) is 0 Å².